The van der Waals surface area contributed by atoms with Gasteiger partial charge in [0.15, 0.2) is 11.5 Å². The second-order valence-electron chi connectivity index (χ2n) is 5.76. The summed E-state index contributed by atoms with van der Waals surface area (Å²) in [5, 5.41) is 11.3. The maximum absolute atomic E-state index is 12.4. The Labute approximate surface area is 144 Å². The van der Waals surface area contributed by atoms with Gasteiger partial charge in [0.2, 0.25) is 0 Å². The molecule has 0 radical (unpaired) electrons. The van der Waals surface area contributed by atoms with Gasteiger partial charge in [-0.1, -0.05) is 30.3 Å². The van der Waals surface area contributed by atoms with E-state index in [0.29, 0.717) is 23.6 Å². The van der Waals surface area contributed by atoms with Crippen molar-refractivity contribution in [3.8, 4) is 11.4 Å². The van der Waals surface area contributed by atoms with Gasteiger partial charge in [-0.2, -0.15) is 0 Å². The number of H-pyrrole nitrogens is 1. The van der Waals surface area contributed by atoms with E-state index in [0.717, 1.165) is 12.0 Å². The number of benzene rings is 1. The van der Waals surface area contributed by atoms with Crippen molar-refractivity contribution in [2.45, 2.75) is 6.42 Å². The standard InChI is InChI=1S/C19H17N5O/c25-19(21-11-8-14-4-2-1-3-5-14)16-6-7-17-22-23-18(24(17)13-16)15-9-10-20-12-15/h1-7,9-10,12-13,20H,8,11H2,(H,21,25). The molecule has 3 aromatic heterocycles. The van der Waals surface area contributed by atoms with Gasteiger partial charge in [0.1, 0.15) is 0 Å². The van der Waals surface area contributed by atoms with E-state index < -0.39 is 0 Å². The van der Waals surface area contributed by atoms with Gasteiger partial charge in [0.25, 0.3) is 5.91 Å². The van der Waals surface area contributed by atoms with Crippen molar-refractivity contribution in [1.82, 2.24) is 24.9 Å². The van der Waals surface area contributed by atoms with E-state index in [1.54, 1.807) is 18.3 Å². The van der Waals surface area contributed by atoms with Crippen molar-refractivity contribution in [1.29, 1.82) is 0 Å². The van der Waals surface area contributed by atoms with Crippen LogP contribution in [0.1, 0.15) is 15.9 Å². The summed E-state index contributed by atoms with van der Waals surface area (Å²) in [5.74, 6) is 0.599. The molecule has 4 aromatic rings. The molecule has 0 fully saturated rings. The molecule has 6 heteroatoms. The van der Waals surface area contributed by atoms with Crippen LogP contribution >= 0.6 is 0 Å². The highest BCUT2D eigenvalue weighted by Crippen LogP contribution is 2.18. The molecule has 4 rings (SSSR count). The predicted octanol–water partition coefficient (Wildman–Crippen LogP) is 2.70. The van der Waals surface area contributed by atoms with Gasteiger partial charge in [-0.3, -0.25) is 9.20 Å². The summed E-state index contributed by atoms with van der Waals surface area (Å²) in [6.07, 6.45) is 6.26. The number of nitrogens with zero attached hydrogens (tertiary/aromatic N) is 3. The Morgan fingerprint density at radius 1 is 1.08 bits per heavy atom. The highest BCUT2D eigenvalue weighted by Gasteiger charge is 2.11. The molecule has 0 spiro atoms. The zero-order valence-electron chi connectivity index (χ0n) is 13.5. The smallest absolute Gasteiger partial charge is 0.252 e. The molecular formula is C19H17N5O. The third kappa shape index (κ3) is 3.14. The molecule has 2 N–H and O–H groups in total. The Kier molecular flexibility index (Phi) is 4.00. The van der Waals surface area contributed by atoms with Gasteiger partial charge in [0, 0.05) is 30.7 Å². The molecule has 1 amide bonds. The minimum atomic E-state index is -0.105. The average Bonchev–Trinajstić information content (AvgIpc) is 3.31. The van der Waals surface area contributed by atoms with Crippen molar-refractivity contribution in [3.05, 3.63) is 78.2 Å². The minimum Gasteiger partial charge on any atom is -0.367 e. The van der Waals surface area contributed by atoms with Gasteiger partial charge in [-0.05, 0) is 30.2 Å². The molecule has 0 saturated heterocycles. The Morgan fingerprint density at radius 2 is 1.96 bits per heavy atom. The molecule has 124 valence electrons. The molecule has 3 heterocycles. The molecule has 0 unspecified atom stereocenters. The number of pyridine rings is 1. The number of amides is 1. The van der Waals surface area contributed by atoms with Crippen LogP contribution in [0.25, 0.3) is 17.0 Å². The van der Waals surface area contributed by atoms with Crippen molar-refractivity contribution in [3.63, 3.8) is 0 Å². The number of carbonyl (C=O) groups is 1. The van der Waals surface area contributed by atoms with Crippen LogP contribution < -0.4 is 5.32 Å². The molecule has 0 saturated carbocycles. The lowest BCUT2D eigenvalue weighted by Gasteiger charge is -2.06. The van der Waals surface area contributed by atoms with Crippen LogP contribution in [0.15, 0.2) is 67.1 Å². The van der Waals surface area contributed by atoms with Crippen LogP contribution in [0.5, 0.6) is 0 Å². The van der Waals surface area contributed by atoms with E-state index in [2.05, 4.69) is 32.6 Å². The minimum absolute atomic E-state index is 0.105. The third-order valence-corrected chi connectivity index (χ3v) is 4.06. The van der Waals surface area contributed by atoms with E-state index in [1.807, 2.05) is 41.1 Å². The first-order valence-corrected chi connectivity index (χ1v) is 8.11. The first kappa shape index (κ1) is 15.1. The van der Waals surface area contributed by atoms with Crippen LogP contribution in [0.4, 0.5) is 0 Å². The Bertz CT molecular complexity index is 989. The van der Waals surface area contributed by atoms with Gasteiger partial charge < -0.3 is 10.3 Å². The topological polar surface area (TPSA) is 75.1 Å². The van der Waals surface area contributed by atoms with E-state index in [4.69, 9.17) is 0 Å². The zero-order chi connectivity index (χ0) is 17.1. The van der Waals surface area contributed by atoms with Crippen LogP contribution in [-0.2, 0) is 6.42 Å². The number of fused-ring (bicyclic) bond motifs is 1. The lowest BCUT2D eigenvalue weighted by atomic mass is 10.1. The van der Waals surface area contributed by atoms with Crippen LogP contribution in [0, 0.1) is 0 Å². The van der Waals surface area contributed by atoms with E-state index in [-0.39, 0.29) is 5.91 Å². The molecule has 0 atom stereocenters. The summed E-state index contributed by atoms with van der Waals surface area (Å²) < 4.78 is 1.83. The molecule has 0 aliphatic carbocycles. The van der Waals surface area contributed by atoms with E-state index in [1.165, 1.54) is 5.56 Å². The van der Waals surface area contributed by atoms with Crippen LogP contribution in [-0.4, -0.2) is 32.0 Å². The summed E-state index contributed by atoms with van der Waals surface area (Å²) in [6.45, 7) is 0.591. The van der Waals surface area contributed by atoms with Gasteiger partial charge >= 0.3 is 0 Å². The fourth-order valence-corrected chi connectivity index (χ4v) is 2.75. The maximum Gasteiger partial charge on any atom is 0.252 e. The van der Waals surface area contributed by atoms with Gasteiger partial charge in [-0.15, -0.1) is 10.2 Å². The maximum atomic E-state index is 12.4. The highest BCUT2D eigenvalue weighted by atomic mass is 16.1. The molecule has 0 bridgehead atoms. The molecule has 6 nitrogen and oxygen atoms in total. The number of rotatable bonds is 5. The normalized spacial score (nSPS) is 10.9. The summed E-state index contributed by atoms with van der Waals surface area (Å²) in [7, 11) is 0. The summed E-state index contributed by atoms with van der Waals surface area (Å²) in [6, 6.07) is 15.6. The summed E-state index contributed by atoms with van der Waals surface area (Å²) in [5.41, 5.74) is 3.41. The number of nitrogens with one attached hydrogen (secondary N) is 2. The Hall–Kier alpha value is -3.41. The number of hydrogen-bond acceptors (Lipinski definition) is 3. The molecule has 0 aliphatic heterocycles. The fraction of sp³-hybridized carbons (Fsp3) is 0.105. The van der Waals surface area contributed by atoms with Crippen molar-refractivity contribution >= 4 is 11.6 Å². The SMILES string of the molecule is O=C(NCCc1ccccc1)c1ccc2nnc(-c3cc[nH]c3)n2c1. The van der Waals surface area contributed by atoms with Crippen LogP contribution in [0.3, 0.4) is 0 Å². The predicted molar refractivity (Wildman–Crippen MR) is 95.3 cm³/mol. The van der Waals surface area contributed by atoms with Gasteiger partial charge in [0.05, 0.1) is 5.56 Å². The summed E-state index contributed by atoms with van der Waals surface area (Å²) >= 11 is 0. The second kappa shape index (κ2) is 6.60. The molecule has 1 aromatic carbocycles. The lowest BCUT2D eigenvalue weighted by Crippen LogP contribution is -2.25. The van der Waals surface area contributed by atoms with Crippen molar-refractivity contribution < 1.29 is 4.79 Å². The van der Waals surface area contributed by atoms with E-state index >= 15 is 0 Å². The first-order chi connectivity index (χ1) is 12.3. The number of aromatic nitrogens is 4. The average molecular weight is 331 g/mol. The number of aromatic amines is 1. The first-order valence-electron chi connectivity index (χ1n) is 8.11. The molecular weight excluding hydrogens is 314 g/mol. The monoisotopic (exact) mass is 331 g/mol. The Balaban J connectivity index is 1.51. The van der Waals surface area contributed by atoms with Crippen LogP contribution in [0.2, 0.25) is 0 Å². The van der Waals surface area contributed by atoms with Crippen molar-refractivity contribution in [2.24, 2.45) is 0 Å². The highest BCUT2D eigenvalue weighted by molar-refractivity contribution is 5.94. The Morgan fingerprint density at radius 3 is 2.76 bits per heavy atom. The second-order valence-corrected chi connectivity index (χ2v) is 5.76. The molecule has 0 aliphatic rings. The van der Waals surface area contributed by atoms with Crippen molar-refractivity contribution in [2.75, 3.05) is 6.54 Å². The molecule has 25 heavy (non-hydrogen) atoms. The number of carbonyl (C=O) groups excluding carboxylic acids is 1. The van der Waals surface area contributed by atoms with E-state index in [9.17, 15) is 4.79 Å². The largest absolute Gasteiger partial charge is 0.367 e. The lowest BCUT2D eigenvalue weighted by molar-refractivity contribution is 0.0953. The van der Waals surface area contributed by atoms with Gasteiger partial charge in [-0.25, -0.2) is 0 Å². The zero-order valence-corrected chi connectivity index (χ0v) is 13.5. The number of hydrogen-bond donors (Lipinski definition) is 2. The third-order valence-electron chi connectivity index (χ3n) is 4.06. The quantitative estimate of drug-likeness (QED) is 0.590. The fourth-order valence-electron chi connectivity index (χ4n) is 2.75. The summed E-state index contributed by atoms with van der Waals surface area (Å²) in [4.78, 5) is 15.4.